The number of ether oxygens (including phenoxy) is 1. The normalized spacial score (nSPS) is 11.8. The number of carbonyl (C=O) groups is 3. The number of nitrogens with zero attached hydrogens (tertiary/aromatic N) is 2. The minimum Gasteiger partial charge on any atom is -0.478 e. The highest BCUT2D eigenvalue weighted by Gasteiger charge is 2.30. The summed E-state index contributed by atoms with van der Waals surface area (Å²) in [6.07, 6.45) is -3.03. The summed E-state index contributed by atoms with van der Waals surface area (Å²) in [6, 6.07) is 11.2. The van der Waals surface area contributed by atoms with E-state index >= 15 is 0 Å². The Morgan fingerprint density at radius 2 is 1.61 bits per heavy atom. The molecule has 0 aliphatic rings. The lowest BCUT2D eigenvalue weighted by Gasteiger charge is -2.16. The fourth-order valence-corrected chi connectivity index (χ4v) is 3.15. The average Bonchev–Trinajstić information content (AvgIpc) is 3.10. The van der Waals surface area contributed by atoms with Gasteiger partial charge in [0, 0.05) is 12.6 Å². The third kappa shape index (κ3) is 5.22. The first-order valence-electron chi connectivity index (χ1n) is 9.86. The molecule has 0 aliphatic carbocycles. The SMILES string of the molecule is CC(=O)c1ccc(Oc2c(C(=O)N[C@@H](C)c3ccc(C(=O)O)cc3)c(C(F)F)nn2C)cc1. The summed E-state index contributed by atoms with van der Waals surface area (Å²) in [5.74, 6) is -2.02. The van der Waals surface area contributed by atoms with E-state index in [0.29, 0.717) is 11.1 Å². The van der Waals surface area contributed by atoms with Crippen LogP contribution in [0.4, 0.5) is 8.78 Å². The van der Waals surface area contributed by atoms with E-state index in [2.05, 4.69) is 10.4 Å². The third-order valence-corrected chi connectivity index (χ3v) is 4.94. The van der Waals surface area contributed by atoms with Crippen molar-refractivity contribution in [3.05, 3.63) is 76.5 Å². The molecule has 33 heavy (non-hydrogen) atoms. The number of aromatic carboxylic acids is 1. The largest absolute Gasteiger partial charge is 0.478 e. The van der Waals surface area contributed by atoms with Crippen LogP contribution in [0, 0.1) is 0 Å². The highest BCUT2D eigenvalue weighted by molar-refractivity contribution is 5.98. The second-order valence-corrected chi connectivity index (χ2v) is 7.29. The van der Waals surface area contributed by atoms with Crippen LogP contribution < -0.4 is 10.1 Å². The monoisotopic (exact) mass is 457 g/mol. The molecule has 1 amide bonds. The number of halogens is 2. The number of hydrogen-bond donors (Lipinski definition) is 2. The van der Waals surface area contributed by atoms with Gasteiger partial charge in [-0.1, -0.05) is 12.1 Å². The lowest BCUT2D eigenvalue weighted by Crippen LogP contribution is -2.27. The summed E-state index contributed by atoms with van der Waals surface area (Å²) >= 11 is 0. The van der Waals surface area contributed by atoms with Gasteiger partial charge in [0.15, 0.2) is 5.78 Å². The number of benzene rings is 2. The summed E-state index contributed by atoms with van der Waals surface area (Å²) in [5.41, 5.74) is -0.0496. The minimum atomic E-state index is -3.03. The molecule has 1 aromatic heterocycles. The van der Waals surface area contributed by atoms with Crippen molar-refractivity contribution < 1.29 is 33.0 Å². The van der Waals surface area contributed by atoms with E-state index in [-0.39, 0.29) is 23.0 Å². The van der Waals surface area contributed by atoms with Crippen LogP contribution in [0.1, 0.15) is 68.6 Å². The molecule has 0 saturated carbocycles. The zero-order valence-corrected chi connectivity index (χ0v) is 18.0. The highest BCUT2D eigenvalue weighted by atomic mass is 19.3. The van der Waals surface area contributed by atoms with Crippen molar-refractivity contribution >= 4 is 17.7 Å². The maximum atomic E-state index is 13.6. The molecule has 10 heteroatoms. The number of alkyl halides is 2. The van der Waals surface area contributed by atoms with Gasteiger partial charge in [-0.3, -0.25) is 9.59 Å². The van der Waals surface area contributed by atoms with Gasteiger partial charge in [-0.25, -0.2) is 18.3 Å². The smallest absolute Gasteiger partial charge is 0.335 e. The predicted molar refractivity (Wildman–Crippen MR) is 114 cm³/mol. The molecule has 0 radical (unpaired) electrons. The third-order valence-electron chi connectivity index (χ3n) is 4.94. The second-order valence-electron chi connectivity index (χ2n) is 7.29. The van der Waals surface area contributed by atoms with Crippen molar-refractivity contribution in [3.8, 4) is 11.6 Å². The summed E-state index contributed by atoms with van der Waals surface area (Å²) in [4.78, 5) is 35.4. The summed E-state index contributed by atoms with van der Waals surface area (Å²) in [5, 5.41) is 15.4. The Morgan fingerprint density at radius 1 is 1.03 bits per heavy atom. The van der Waals surface area contributed by atoms with Crippen molar-refractivity contribution in [3.63, 3.8) is 0 Å². The van der Waals surface area contributed by atoms with E-state index in [1.165, 1.54) is 62.5 Å². The lowest BCUT2D eigenvalue weighted by atomic mass is 10.1. The molecule has 8 nitrogen and oxygen atoms in total. The Kier molecular flexibility index (Phi) is 6.86. The molecule has 1 atom stereocenters. The standard InChI is InChI=1S/C23H21F2N3O5/c1-12(14-4-6-16(7-5-14)23(31)32)26-21(30)18-19(20(24)25)27-28(3)22(18)33-17-10-8-15(9-11-17)13(2)29/h4-12,20H,1-3H3,(H,26,30)(H,31,32)/t12-/m0/s1. The molecule has 2 aromatic carbocycles. The Hall–Kier alpha value is -4.08. The average molecular weight is 457 g/mol. The zero-order chi connectivity index (χ0) is 24.3. The zero-order valence-electron chi connectivity index (χ0n) is 18.0. The van der Waals surface area contributed by atoms with E-state index in [1.807, 2.05) is 0 Å². The van der Waals surface area contributed by atoms with Crippen LogP contribution in [0.2, 0.25) is 0 Å². The molecule has 3 aromatic rings. The van der Waals surface area contributed by atoms with Crippen molar-refractivity contribution in [1.29, 1.82) is 0 Å². The highest BCUT2D eigenvalue weighted by Crippen LogP contribution is 2.33. The van der Waals surface area contributed by atoms with Gasteiger partial charge in [0.05, 0.1) is 11.6 Å². The molecule has 0 bridgehead atoms. The molecule has 0 unspecified atom stereocenters. The molecule has 2 N–H and O–H groups in total. The van der Waals surface area contributed by atoms with Gasteiger partial charge in [-0.2, -0.15) is 5.10 Å². The van der Waals surface area contributed by atoms with Gasteiger partial charge in [-0.05, 0) is 55.8 Å². The van der Waals surface area contributed by atoms with Gasteiger partial charge in [-0.15, -0.1) is 0 Å². The number of aryl methyl sites for hydroxylation is 1. The van der Waals surface area contributed by atoms with Crippen LogP contribution in [-0.2, 0) is 7.05 Å². The van der Waals surface area contributed by atoms with Crippen LogP contribution in [-0.4, -0.2) is 32.5 Å². The van der Waals surface area contributed by atoms with Crippen molar-refractivity contribution in [1.82, 2.24) is 15.1 Å². The van der Waals surface area contributed by atoms with E-state index in [9.17, 15) is 23.2 Å². The van der Waals surface area contributed by atoms with E-state index in [0.717, 1.165) is 4.68 Å². The number of Topliss-reactive ketones (excluding diaryl/α,β-unsaturated/α-hetero) is 1. The fourth-order valence-electron chi connectivity index (χ4n) is 3.15. The fraction of sp³-hybridized carbons (Fsp3) is 0.217. The summed E-state index contributed by atoms with van der Waals surface area (Å²) in [7, 11) is 1.37. The Balaban J connectivity index is 1.89. The topological polar surface area (TPSA) is 111 Å². The molecule has 1 heterocycles. The molecule has 0 aliphatic heterocycles. The first-order valence-corrected chi connectivity index (χ1v) is 9.86. The maximum absolute atomic E-state index is 13.6. The Labute approximate surface area is 187 Å². The van der Waals surface area contributed by atoms with Gasteiger partial charge in [0.25, 0.3) is 12.3 Å². The Morgan fingerprint density at radius 3 is 2.12 bits per heavy atom. The van der Waals surface area contributed by atoms with E-state index < -0.39 is 35.6 Å². The molecule has 172 valence electrons. The van der Waals surface area contributed by atoms with E-state index in [1.54, 1.807) is 6.92 Å². The van der Waals surface area contributed by atoms with Crippen LogP contribution in [0.15, 0.2) is 48.5 Å². The van der Waals surface area contributed by atoms with Crippen molar-refractivity contribution in [2.24, 2.45) is 7.05 Å². The molecule has 0 fully saturated rings. The number of nitrogens with one attached hydrogen (secondary N) is 1. The second kappa shape index (κ2) is 9.60. The number of rotatable bonds is 8. The summed E-state index contributed by atoms with van der Waals surface area (Å²) < 4.78 is 34.0. The van der Waals surface area contributed by atoms with Crippen LogP contribution in [0.5, 0.6) is 11.6 Å². The molecule has 3 rings (SSSR count). The van der Waals surface area contributed by atoms with Crippen LogP contribution >= 0.6 is 0 Å². The maximum Gasteiger partial charge on any atom is 0.335 e. The number of hydrogen-bond acceptors (Lipinski definition) is 5. The number of carboxylic acid groups (broad SMARTS) is 1. The number of aromatic nitrogens is 2. The first-order chi connectivity index (χ1) is 15.6. The van der Waals surface area contributed by atoms with Crippen LogP contribution in [0.3, 0.4) is 0 Å². The van der Waals surface area contributed by atoms with E-state index in [4.69, 9.17) is 9.84 Å². The lowest BCUT2D eigenvalue weighted by molar-refractivity contribution is 0.0696. The molecule has 0 saturated heterocycles. The number of carbonyl (C=O) groups excluding carboxylic acids is 2. The number of amides is 1. The Bertz CT molecular complexity index is 1190. The molecular formula is C23H21F2N3O5. The van der Waals surface area contributed by atoms with Gasteiger partial charge in [0.1, 0.15) is 17.0 Å². The van der Waals surface area contributed by atoms with Gasteiger partial charge in [0.2, 0.25) is 5.88 Å². The first kappa shape index (κ1) is 23.6. The van der Waals surface area contributed by atoms with Crippen LogP contribution in [0.25, 0.3) is 0 Å². The molecule has 0 spiro atoms. The predicted octanol–water partition coefficient (Wildman–Crippen LogP) is 4.54. The van der Waals surface area contributed by atoms with Crippen molar-refractivity contribution in [2.45, 2.75) is 26.3 Å². The van der Waals surface area contributed by atoms with Gasteiger partial charge < -0.3 is 15.2 Å². The van der Waals surface area contributed by atoms with Gasteiger partial charge >= 0.3 is 5.97 Å². The molecular weight excluding hydrogens is 436 g/mol. The quantitative estimate of drug-likeness (QED) is 0.481. The number of carboxylic acids is 1. The minimum absolute atomic E-state index is 0.0796. The van der Waals surface area contributed by atoms with Crippen molar-refractivity contribution in [2.75, 3.05) is 0 Å². The summed E-state index contributed by atoms with van der Waals surface area (Å²) in [6.45, 7) is 3.04. The number of ketones is 1.